The predicted octanol–water partition coefficient (Wildman–Crippen LogP) is 6.55. The number of aromatic nitrogens is 2. The molecule has 0 aliphatic carbocycles. The second-order valence-corrected chi connectivity index (χ2v) is 6.88. The number of alkyl halides is 3. The summed E-state index contributed by atoms with van der Waals surface area (Å²) in [5, 5.41) is 5.94. The van der Waals surface area contributed by atoms with Crippen LogP contribution in [0.1, 0.15) is 5.56 Å². The Bertz CT molecular complexity index is 1220. The van der Waals surface area contributed by atoms with Crippen molar-refractivity contribution in [3.63, 3.8) is 0 Å². The summed E-state index contributed by atoms with van der Waals surface area (Å²) < 4.78 is 38.6. The third-order valence-corrected chi connectivity index (χ3v) is 4.81. The van der Waals surface area contributed by atoms with Gasteiger partial charge in [0.2, 0.25) is 0 Å². The van der Waals surface area contributed by atoms with Crippen molar-refractivity contribution < 1.29 is 18.0 Å². The molecule has 9 heteroatoms. The minimum atomic E-state index is -4.54. The Kier molecular flexibility index (Phi) is 5.09. The molecule has 2 aromatic heterocycles. The number of carbonyl (C=O) groups is 1. The lowest BCUT2D eigenvalue weighted by atomic mass is 10.1. The van der Waals surface area contributed by atoms with Gasteiger partial charge in [-0.3, -0.25) is 4.98 Å². The smallest absolute Gasteiger partial charge is 0.359 e. The quantitative estimate of drug-likeness (QED) is 0.345. The maximum absolute atomic E-state index is 12.9. The van der Waals surface area contributed by atoms with Gasteiger partial charge in [0.05, 0.1) is 28.0 Å². The molecule has 0 saturated heterocycles. The van der Waals surface area contributed by atoms with Crippen LogP contribution in [0.25, 0.3) is 22.0 Å². The fourth-order valence-corrected chi connectivity index (χ4v) is 3.19. The summed E-state index contributed by atoms with van der Waals surface area (Å²) in [4.78, 5) is 19.4. The van der Waals surface area contributed by atoms with Crippen molar-refractivity contribution in [3.05, 3.63) is 77.7 Å². The third-order valence-electron chi connectivity index (χ3n) is 4.48. The number of carbonyl (C=O) groups excluding carboxylic acids is 1. The Morgan fingerprint density at radius 3 is 2.53 bits per heavy atom. The summed E-state index contributed by atoms with van der Waals surface area (Å²) in [6.07, 6.45) is 0.778. The minimum absolute atomic E-state index is 0.00215. The minimum Gasteiger partial charge on any atom is -0.359 e. The summed E-state index contributed by atoms with van der Waals surface area (Å²) >= 11 is 5.90. The van der Waals surface area contributed by atoms with E-state index in [0.29, 0.717) is 5.69 Å². The number of H-pyrrole nitrogens is 1. The molecule has 4 aromatic rings. The van der Waals surface area contributed by atoms with E-state index in [1.807, 2.05) is 24.4 Å². The van der Waals surface area contributed by atoms with E-state index in [-0.39, 0.29) is 10.7 Å². The molecule has 4 rings (SSSR count). The molecule has 2 amide bonds. The van der Waals surface area contributed by atoms with Crippen LogP contribution in [-0.2, 0) is 6.18 Å². The first kappa shape index (κ1) is 19.8. The third kappa shape index (κ3) is 4.08. The van der Waals surface area contributed by atoms with Crippen LogP contribution in [0.4, 0.5) is 29.3 Å². The normalized spacial score (nSPS) is 11.5. The summed E-state index contributed by atoms with van der Waals surface area (Å²) in [6, 6.07) is 11.0. The molecule has 0 fully saturated rings. The number of benzene rings is 2. The zero-order valence-corrected chi connectivity index (χ0v) is 16.0. The molecular weight excluding hydrogens is 417 g/mol. The van der Waals surface area contributed by atoms with Crippen LogP contribution in [0.5, 0.6) is 0 Å². The van der Waals surface area contributed by atoms with Gasteiger partial charge in [-0.1, -0.05) is 23.7 Å². The largest absolute Gasteiger partial charge is 0.416 e. The van der Waals surface area contributed by atoms with E-state index in [0.717, 1.165) is 40.2 Å². The van der Waals surface area contributed by atoms with Crippen molar-refractivity contribution in [2.45, 2.75) is 6.18 Å². The lowest BCUT2D eigenvalue weighted by Gasteiger charge is -2.12. The average Bonchev–Trinajstić information content (AvgIpc) is 3.13. The second-order valence-electron chi connectivity index (χ2n) is 6.47. The van der Waals surface area contributed by atoms with Crippen LogP contribution in [0, 0.1) is 0 Å². The number of fused-ring (bicyclic) bond motifs is 1. The van der Waals surface area contributed by atoms with E-state index >= 15 is 0 Å². The van der Waals surface area contributed by atoms with Gasteiger partial charge in [0.25, 0.3) is 0 Å². The van der Waals surface area contributed by atoms with Crippen molar-refractivity contribution in [2.75, 3.05) is 10.6 Å². The summed E-state index contributed by atoms with van der Waals surface area (Å²) in [7, 11) is 0. The molecule has 0 atom stereocenters. The average molecular weight is 431 g/mol. The van der Waals surface area contributed by atoms with Crippen LogP contribution in [0.3, 0.4) is 0 Å². The zero-order chi connectivity index (χ0) is 21.3. The summed E-state index contributed by atoms with van der Waals surface area (Å²) in [5.74, 6) is 0. The lowest BCUT2D eigenvalue weighted by Crippen LogP contribution is -2.20. The van der Waals surface area contributed by atoms with Gasteiger partial charge in [-0.25, -0.2) is 4.79 Å². The number of pyridine rings is 1. The Labute approximate surface area is 173 Å². The first-order chi connectivity index (χ1) is 14.3. The van der Waals surface area contributed by atoms with Crippen molar-refractivity contribution in [1.29, 1.82) is 0 Å². The second kappa shape index (κ2) is 7.72. The van der Waals surface area contributed by atoms with E-state index in [2.05, 4.69) is 20.6 Å². The van der Waals surface area contributed by atoms with Crippen LogP contribution in [0.15, 0.2) is 67.1 Å². The number of nitrogens with zero attached hydrogens (tertiary/aromatic N) is 1. The first-order valence-corrected chi connectivity index (χ1v) is 9.15. The molecule has 30 heavy (non-hydrogen) atoms. The molecule has 0 aliphatic heterocycles. The lowest BCUT2D eigenvalue weighted by molar-refractivity contribution is -0.137. The monoisotopic (exact) mass is 430 g/mol. The van der Waals surface area contributed by atoms with Crippen LogP contribution in [0.2, 0.25) is 5.02 Å². The maximum atomic E-state index is 12.9. The van der Waals surface area contributed by atoms with Crippen molar-refractivity contribution in [2.24, 2.45) is 0 Å². The SMILES string of the molecule is O=C(Nc1ccc(-c2c[nH]c3cnccc23)cc1)Nc1cc(C(F)(F)F)ccc1Cl. The van der Waals surface area contributed by atoms with Crippen LogP contribution in [-0.4, -0.2) is 16.0 Å². The Balaban J connectivity index is 1.48. The number of hydrogen-bond donors (Lipinski definition) is 3. The number of hydrogen-bond acceptors (Lipinski definition) is 2. The van der Waals surface area contributed by atoms with E-state index < -0.39 is 17.8 Å². The van der Waals surface area contributed by atoms with E-state index in [4.69, 9.17) is 11.6 Å². The van der Waals surface area contributed by atoms with Gasteiger partial charge in [-0.2, -0.15) is 13.2 Å². The highest BCUT2D eigenvalue weighted by molar-refractivity contribution is 6.33. The molecule has 0 radical (unpaired) electrons. The number of halogens is 4. The number of nitrogens with one attached hydrogen (secondary N) is 3. The number of rotatable bonds is 3. The molecular formula is C21H14ClF3N4O. The summed E-state index contributed by atoms with van der Waals surface area (Å²) in [5.41, 5.74) is 2.26. The van der Waals surface area contributed by atoms with E-state index in [9.17, 15) is 18.0 Å². The molecule has 0 saturated carbocycles. The predicted molar refractivity (Wildman–Crippen MR) is 111 cm³/mol. The Morgan fingerprint density at radius 2 is 1.80 bits per heavy atom. The van der Waals surface area contributed by atoms with Gasteiger partial charge in [-0.15, -0.1) is 0 Å². The van der Waals surface area contributed by atoms with E-state index in [1.54, 1.807) is 24.5 Å². The maximum Gasteiger partial charge on any atom is 0.416 e. The van der Waals surface area contributed by atoms with Gasteiger partial charge >= 0.3 is 12.2 Å². The Morgan fingerprint density at radius 1 is 1.03 bits per heavy atom. The van der Waals surface area contributed by atoms with Crippen molar-refractivity contribution in [3.8, 4) is 11.1 Å². The number of anilines is 2. The van der Waals surface area contributed by atoms with Crippen LogP contribution < -0.4 is 10.6 Å². The van der Waals surface area contributed by atoms with Gasteiger partial charge < -0.3 is 15.6 Å². The molecule has 5 nitrogen and oxygen atoms in total. The van der Waals surface area contributed by atoms with Crippen molar-refractivity contribution in [1.82, 2.24) is 9.97 Å². The highest BCUT2D eigenvalue weighted by atomic mass is 35.5. The van der Waals surface area contributed by atoms with Crippen molar-refractivity contribution >= 4 is 39.9 Å². The molecule has 0 aliphatic rings. The van der Waals surface area contributed by atoms with Gasteiger partial charge in [0.15, 0.2) is 0 Å². The Hall–Kier alpha value is -3.52. The van der Waals surface area contributed by atoms with E-state index in [1.165, 1.54) is 0 Å². The van der Waals surface area contributed by atoms with Crippen LogP contribution >= 0.6 is 11.6 Å². The first-order valence-electron chi connectivity index (χ1n) is 8.77. The fraction of sp³-hybridized carbons (Fsp3) is 0.0476. The molecule has 152 valence electrons. The molecule has 2 aromatic carbocycles. The molecule has 3 N–H and O–H groups in total. The number of urea groups is 1. The molecule has 0 unspecified atom stereocenters. The van der Waals surface area contributed by atoms with Gasteiger partial charge in [0, 0.05) is 29.0 Å². The van der Waals surface area contributed by atoms with Gasteiger partial charge in [0.1, 0.15) is 0 Å². The topological polar surface area (TPSA) is 69.8 Å². The molecule has 0 spiro atoms. The highest BCUT2D eigenvalue weighted by Crippen LogP contribution is 2.34. The fourth-order valence-electron chi connectivity index (χ4n) is 3.03. The standard InChI is InChI=1S/C21H14ClF3N4O/c22-17-6-3-13(21(23,24)25)9-18(17)29-20(30)28-14-4-1-12(2-5-14)16-10-27-19-11-26-8-7-15(16)19/h1-11,27H,(H2,28,29,30). The summed E-state index contributed by atoms with van der Waals surface area (Å²) in [6.45, 7) is 0. The number of aromatic amines is 1. The number of amides is 2. The van der Waals surface area contributed by atoms with Gasteiger partial charge in [-0.05, 0) is 42.0 Å². The molecule has 2 heterocycles. The highest BCUT2D eigenvalue weighted by Gasteiger charge is 2.31. The molecule has 0 bridgehead atoms. The zero-order valence-electron chi connectivity index (χ0n) is 15.2.